The van der Waals surface area contributed by atoms with Crippen LogP contribution in [0.15, 0.2) is 48.5 Å². The van der Waals surface area contributed by atoms with Crippen LogP contribution >= 0.6 is 11.3 Å². The maximum Gasteiger partial charge on any atom is 0.315 e. The van der Waals surface area contributed by atoms with Gasteiger partial charge in [-0.05, 0) is 48.1 Å². The summed E-state index contributed by atoms with van der Waals surface area (Å²) in [6.45, 7) is 2.36. The smallest absolute Gasteiger partial charge is 0.315 e. The minimum atomic E-state index is -0.296. The second kappa shape index (κ2) is 7.07. The van der Waals surface area contributed by atoms with Gasteiger partial charge >= 0.3 is 6.03 Å². The number of benzene rings is 2. The third kappa shape index (κ3) is 3.43. The summed E-state index contributed by atoms with van der Waals surface area (Å²) in [6.07, 6.45) is 1.23. The number of carbonyl (C=O) groups excluding carboxylic acids is 1. The Hall–Kier alpha value is -2.64. The Labute approximate surface area is 167 Å². The fourth-order valence-corrected chi connectivity index (χ4v) is 4.96. The van der Waals surface area contributed by atoms with Crippen LogP contribution in [-0.4, -0.2) is 35.0 Å². The van der Waals surface area contributed by atoms with Gasteiger partial charge in [-0.2, -0.15) is 0 Å². The first-order valence-corrected chi connectivity index (χ1v) is 10.4. The molecule has 28 heavy (non-hydrogen) atoms. The van der Waals surface area contributed by atoms with Gasteiger partial charge in [0.25, 0.3) is 5.19 Å². The Kier molecular flexibility index (Phi) is 4.41. The molecule has 2 aliphatic rings. The van der Waals surface area contributed by atoms with Crippen LogP contribution in [0.3, 0.4) is 0 Å². The molecule has 1 aromatic heterocycles. The lowest BCUT2D eigenvalue weighted by atomic mass is 10.1. The third-order valence-electron chi connectivity index (χ3n) is 5.67. The predicted octanol–water partition coefficient (Wildman–Crippen LogP) is 3.58. The fraction of sp³-hybridized carbons (Fsp3) is 0.333. The van der Waals surface area contributed by atoms with E-state index in [0.29, 0.717) is 17.0 Å². The Morgan fingerprint density at radius 3 is 2.86 bits per heavy atom. The first-order chi connectivity index (χ1) is 13.7. The maximum atomic E-state index is 11.6. The first-order valence-electron chi connectivity index (χ1n) is 9.56. The van der Waals surface area contributed by atoms with Crippen molar-refractivity contribution in [2.24, 2.45) is 17.6 Å². The monoisotopic (exact) mass is 394 g/mol. The van der Waals surface area contributed by atoms with Crippen molar-refractivity contribution in [3.05, 3.63) is 54.1 Å². The number of piperidine rings is 1. The summed E-state index contributed by atoms with van der Waals surface area (Å²) in [6, 6.07) is 16.0. The highest BCUT2D eigenvalue weighted by atomic mass is 32.1. The largest absolute Gasteiger partial charge is 0.431 e. The molecule has 5 rings (SSSR count). The van der Waals surface area contributed by atoms with Gasteiger partial charge in [0.1, 0.15) is 5.75 Å². The van der Waals surface area contributed by atoms with Gasteiger partial charge in [-0.3, -0.25) is 0 Å². The normalized spacial score (nSPS) is 23.0. The SMILES string of the molecule is NC(=O)N1CC2CC2C1CNCc1ccc(Oc2nc3ccccc3s2)cc1. The summed E-state index contributed by atoms with van der Waals surface area (Å²) in [5.74, 6) is 2.07. The molecule has 6 nitrogen and oxygen atoms in total. The number of fused-ring (bicyclic) bond motifs is 2. The van der Waals surface area contributed by atoms with Gasteiger partial charge in [-0.25, -0.2) is 9.78 Å². The number of carbonyl (C=O) groups is 1. The summed E-state index contributed by atoms with van der Waals surface area (Å²) >= 11 is 1.54. The molecule has 2 fully saturated rings. The highest BCUT2D eigenvalue weighted by Crippen LogP contribution is 2.49. The zero-order valence-corrected chi connectivity index (χ0v) is 16.2. The van der Waals surface area contributed by atoms with E-state index in [2.05, 4.69) is 22.4 Å². The van der Waals surface area contributed by atoms with Crippen LogP contribution in [0.4, 0.5) is 4.79 Å². The number of rotatable bonds is 6. The van der Waals surface area contributed by atoms with E-state index in [1.165, 1.54) is 12.0 Å². The summed E-state index contributed by atoms with van der Waals surface area (Å²) in [7, 11) is 0. The van der Waals surface area contributed by atoms with Crippen molar-refractivity contribution in [2.45, 2.75) is 19.0 Å². The van der Waals surface area contributed by atoms with Crippen molar-refractivity contribution in [1.29, 1.82) is 0 Å². The van der Waals surface area contributed by atoms with Crippen LogP contribution < -0.4 is 15.8 Å². The molecule has 3 aromatic rings. The van der Waals surface area contributed by atoms with Crippen LogP contribution in [0.25, 0.3) is 10.2 Å². The van der Waals surface area contributed by atoms with Crippen LogP contribution in [0.2, 0.25) is 0 Å². The molecule has 144 valence electrons. The number of thiazole rings is 1. The second-order valence-corrected chi connectivity index (χ2v) is 8.54. The van der Waals surface area contributed by atoms with Crippen molar-refractivity contribution in [1.82, 2.24) is 15.2 Å². The van der Waals surface area contributed by atoms with Crippen LogP contribution in [-0.2, 0) is 6.54 Å². The number of hydrogen-bond acceptors (Lipinski definition) is 5. The minimum Gasteiger partial charge on any atom is -0.431 e. The number of aromatic nitrogens is 1. The lowest BCUT2D eigenvalue weighted by molar-refractivity contribution is 0.190. The Balaban J connectivity index is 1.16. The number of nitrogens with zero attached hydrogens (tertiary/aromatic N) is 2. The average Bonchev–Trinajstić information content (AvgIpc) is 3.19. The molecule has 7 heteroatoms. The fourth-order valence-electron chi connectivity index (χ4n) is 4.12. The highest BCUT2D eigenvalue weighted by molar-refractivity contribution is 7.20. The third-order valence-corrected chi connectivity index (χ3v) is 6.59. The van der Waals surface area contributed by atoms with E-state index in [9.17, 15) is 4.79 Å². The number of para-hydroxylation sites is 1. The number of hydrogen-bond donors (Lipinski definition) is 2. The van der Waals surface area contributed by atoms with E-state index in [-0.39, 0.29) is 12.1 Å². The zero-order valence-electron chi connectivity index (χ0n) is 15.4. The van der Waals surface area contributed by atoms with Crippen molar-refractivity contribution in [2.75, 3.05) is 13.1 Å². The summed E-state index contributed by atoms with van der Waals surface area (Å²) < 4.78 is 7.01. The standard InChI is InChI=1S/C21H22N4O2S/c22-20(26)25-12-14-9-16(14)18(25)11-23-10-13-5-7-15(8-6-13)27-21-24-17-3-1-2-4-19(17)28-21/h1-8,14,16,18,23H,9-12H2,(H2,22,26). The topological polar surface area (TPSA) is 80.5 Å². The molecule has 3 atom stereocenters. The van der Waals surface area contributed by atoms with Gasteiger partial charge < -0.3 is 20.7 Å². The molecule has 3 N–H and O–H groups in total. The van der Waals surface area contributed by atoms with E-state index >= 15 is 0 Å². The lowest BCUT2D eigenvalue weighted by Crippen LogP contribution is -2.46. The van der Waals surface area contributed by atoms with Gasteiger partial charge in [-0.15, -0.1) is 0 Å². The maximum absolute atomic E-state index is 11.6. The Morgan fingerprint density at radius 1 is 1.25 bits per heavy atom. The van der Waals surface area contributed by atoms with Crippen molar-refractivity contribution < 1.29 is 9.53 Å². The molecule has 0 bridgehead atoms. The molecule has 0 radical (unpaired) electrons. The van der Waals surface area contributed by atoms with Crippen molar-refractivity contribution >= 4 is 27.6 Å². The van der Waals surface area contributed by atoms with Crippen LogP contribution in [0, 0.1) is 11.8 Å². The van der Waals surface area contributed by atoms with E-state index in [0.717, 1.165) is 35.6 Å². The number of amides is 2. The summed E-state index contributed by atoms with van der Waals surface area (Å²) in [5, 5.41) is 4.12. The van der Waals surface area contributed by atoms with Crippen LogP contribution in [0.1, 0.15) is 12.0 Å². The molecule has 2 heterocycles. The molecular formula is C21H22N4O2S. The zero-order chi connectivity index (χ0) is 19.1. The molecule has 2 amide bonds. The molecule has 3 unspecified atom stereocenters. The number of nitrogens with two attached hydrogens (primary N) is 1. The van der Waals surface area contributed by atoms with Crippen LogP contribution in [0.5, 0.6) is 10.9 Å². The number of ether oxygens (including phenoxy) is 1. The van der Waals surface area contributed by atoms with E-state index < -0.39 is 0 Å². The molecule has 1 saturated carbocycles. The number of likely N-dealkylation sites (tertiary alicyclic amines) is 1. The molecule has 1 aliphatic heterocycles. The highest BCUT2D eigenvalue weighted by Gasteiger charge is 2.53. The summed E-state index contributed by atoms with van der Waals surface area (Å²) in [5.41, 5.74) is 7.63. The number of nitrogens with one attached hydrogen (secondary N) is 1. The summed E-state index contributed by atoms with van der Waals surface area (Å²) in [4.78, 5) is 17.9. The number of primary amides is 1. The van der Waals surface area contributed by atoms with Gasteiger partial charge in [0.05, 0.1) is 10.2 Å². The molecule has 2 aromatic carbocycles. The van der Waals surface area contributed by atoms with Gasteiger partial charge in [0.15, 0.2) is 0 Å². The van der Waals surface area contributed by atoms with E-state index in [1.807, 2.05) is 41.3 Å². The van der Waals surface area contributed by atoms with E-state index in [4.69, 9.17) is 10.5 Å². The van der Waals surface area contributed by atoms with Crippen molar-refractivity contribution in [3.8, 4) is 10.9 Å². The Bertz CT molecular complexity index is 970. The van der Waals surface area contributed by atoms with E-state index in [1.54, 1.807) is 11.3 Å². The first kappa shape index (κ1) is 17.5. The van der Waals surface area contributed by atoms with Crippen molar-refractivity contribution in [3.63, 3.8) is 0 Å². The van der Waals surface area contributed by atoms with Gasteiger partial charge in [0.2, 0.25) is 0 Å². The minimum absolute atomic E-state index is 0.240. The predicted molar refractivity (Wildman–Crippen MR) is 110 cm³/mol. The molecular weight excluding hydrogens is 372 g/mol. The average molecular weight is 395 g/mol. The molecule has 1 saturated heterocycles. The van der Waals surface area contributed by atoms with Gasteiger partial charge in [0, 0.05) is 25.7 Å². The van der Waals surface area contributed by atoms with Gasteiger partial charge in [-0.1, -0.05) is 35.6 Å². The second-order valence-electron chi connectivity index (χ2n) is 7.54. The lowest BCUT2D eigenvalue weighted by Gasteiger charge is -2.26. The Morgan fingerprint density at radius 2 is 2.07 bits per heavy atom. The quantitative estimate of drug-likeness (QED) is 0.670. The number of urea groups is 1. The molecule has 0 spiro atoms. The molecule has 1 aliphatic carbocycles.